The van der Waals surface area contributed by atoms with Crippen molar-refractivity contribution >= 4 is 22.7 Å². The van der Waals surface area contributed by atoms with Crippen LogP contribution in [0.5, 0.6) is 0 Å². The quantitative estimate of drug-likeness (QED) is 0.793. The molecule has 1 aromatic heterocycles. The molecule has 0 bridgehead atoms. The minimum atomic E-state index is -0.779. The molecule has 1 N–H and O–H groups in total. The van der Waals surface area contributed by atoms with Crippen LogP contribution in [-0.2, 0) is 0 Å². The number of allylic oxidation sites excluding steroid dienone is 1. The van der Waals surface area contributed by atoms with Gasteiger partial charge in [0.15, 0.2) is 0 Å². The highest BCUT2D eigenvalue weighted by atomic mass is 32.1. The largest absolute Gasteiger partial charge is 0.383 e. The maximum absolute atomic E-state index is 12.3. The first-order valence-corrected chi connectivity index (χ1v) is 6.64. The van der Waals surface area contributed by atoms with E-state index in [0.29, 0.717) is 10.5 Å². The van der Waals surface area contributed by atoms with Gasteiger partial charge < -0.3 is 5.11 Å². The van der Waals surface area contributed by atoms with Gasteiger partial charge in [0.05, 0.1) is 4.88 Å². The summed E-state index contributed by atoms with van der Waals surface area (Å²) in [4.78, 5) is 12.9. The molecule has 1 heterocycles. The summed E-state index contributed by atoms with van der Waals surface area (Å²) in [6, 6.07) is 11.5. The molecule has 0 spiro atoms. The molecule has 1 aliphatic carbocycles. The molecule has 0 aliphatic heterocycles. The minimum absolute atomic E-state index is 0.0335. The zero-order valence-electron chi connectivity index (χ0n) is 9.88. The van der Waals surface area contributed by atoms with Gasteiger partial charge in [-0.2, -0.15) is 0 Å². The molecule has 90 valence electrons. The zero-order valence-corrected chi connectivity index (χ0v) is 10.7. The van der Waals surface area contributed by atoms with Crippen LogP contribution in [0.25, 0.3) is 5.57 Å². The van der Waals surface area contributed by atoms with Gasteiger partial charge in [-0.15, -0.1) is 11.3 Å². The lowest BCUT2D eigenvalue weighted by atomic mass is 9.98. The fourth-order valence-electron chi connectivity index (χ4n) is 2.34. The van der Waals surface area contributed by atoms with Crippen molar-refractivity contribution in [2.75, 3.05) is 0 Å². The summed E-state index contributed by atoms with van der Waals surface area (Å²) < 4.78 is 0. The Morgan fingerprint density at radius 1 is 1.22 bits per heavy atom. The summed E-state index contributed by atoms with van der Waals surface area (Å²) in [6.07, 6.45) is -0.779. The Bertz CT molecular complexity index is 638. The fourth-order valence-corrected chi connectivity index (χ4v) is 3.22. The maximum Gasteiger partial charge on any atom is 0.202 e. The number of hydrogen-bond donors (Lipinski definition) is 1. The zero-order chi connectivity index (χ0) is 12.7. The number of hydrogen-bond acceptors (Lipinski definition) is 3. The highest BCUT2D eigenvalue weighted by molar-refractivity contribution is 7.12. The van der Waals surface area contributed by atoms with Crippen LogP contribution in [0.4, 0.5) is 0 Å². The van der Waals surface area contributed by atoms with Crippen LogP contribution in [0.15, 0.2) is 47.4 Å². The third-order valence-electron chi connectivity index (χ3n) is 3.33. The van der Waals surface area contributed by atoms with E-state index in [1.807, 2.05) is 48.7 Å². The van der Waals surface area contributed by atoms with E-state index in [1.165, 1.54) is 11.3 Å². The van der Waals surface area contributed by atoms with Gasteiger partial charge in [0, 0.05) is 11.1 Å². The first kappa shape index (κ1) is 11.4. The van der Waals surface area contributed by atoms with Crippen LogP contribution < -0.4 is 0 Å². The second kappa shape index (κ2) is 4.19. The van der Waals surface area contributed by atoms with Gasteiger partial charge in [-0.3, -0.25) is 4.79 Å². The number of benzene rings is 1. The lowest BCUT2D eigenvalue weighted by molar-refractivity contribution is 0.102. The van der Waals surface area contributed by atoms with E-state index in [1.54, 1.807) is 0 Å². The number of ketones is 1. The van der Waals surface area contributed by atoms with Crippen molar-refractivity contribution < 1.29 is 9.90 Å². The molecule has 0 radical (unpaired) electrons. The van der Waals surface area contributed by atoms with Crippen LogP contribution >= 0.6 is 11.3 Å². The van der Waals surface area contributed by atoms with E-state index >= 15 is 0 Å². The van der Waals surface area contributed by atoms with Crippen molar-refractivity contribution in [3.8, 4) is 0 Å². The van der Waals surface area contributed by atoms with Gasteiger partial charge >= 0.3 is 0 Å². The Balaban J connectivity index is 2.14. The number of carbonyl (C=O) groups is 1. The highest BCUT2D eigenvalue weighted by Gasteiger charge is 2.35. The lowest BCUT2D eigenvalue weighted by Crippen LogP contribution is -2.02. The summed E-state index contributed by atoms with van der Waals surface area (Å²) in [5.41, 5.74) is 3.10. The van der Waals surface area contributed by atoms with Gasteiger partial charge in [-0.05, 0) is 29.5 Å². The van der Waals surface area contributed by atoms with Crippen molar-refractivity contribution in [3.05, 3.63) is 63.4 Å². The monoisotopic (exact) mass is 256 g/mol. The highest BCUT2D eigenvalue weighted by Crippen LogP contribution is 2.41. The Morgan fingerprint density at radius 2 is 1.94 bits per heavy atom. The number of aliphatic hydroxyl groups is 1. The van der Waals surface area contributed by atoms with Gasteiger partial charge in [0.1, 0.15) is 6.10 Å². The van der Waals surface area contributed by atoms with Crippen molar-refractivity contribution in [1.82, 2.24) is 0 Å². The molecule has 3 rings (SSSR count). The topological polar surface area (TPSA) is 37.3 Å². The first-order valence-electron chi connectivity index (χ1n) is 5.76. The average molecular weight is 256 g/mol. The number of carbonyl (C=O) groups excluding carboxylic acids is 1. The molecule has 0 unspecified atom stereocenters. The molecule has 2 nitrogen and oxygen atoms in total. The van der Waals surface area contributed by atoms with Crippen LogP contribution in [0.1, 0.15) is 33.8 Å². The van der Waals surface area contributed by atoms with Crippen LogP contribution in [-0.4, -0.2) is 10.9 Å². The molecule has 1 aliphatic rings. The van der Waals surface area contributed by atoms with E-state index in [4.69, 9.17) is 0 Å². The number of Topliss-reactive ketones (excluding diaryl/α,β-unsaturated/α-hetero) is 1. The number of thiophene rings is 1. The molecule has 1 atom stereocenters. The van der Waals surface area contributed by atoms with Crippen LogP contribution in [0.3, 0.4) is 0 Å². The molecule has 1 aromatic carbocycles. The van der Waals surface area contributed by atoms with E-state index in [9.17, 15) is 9.90 Å². The van der Waals surface area contributed by atoms with E-state index < -0.39 is 6.10 Å². The molecule has 0 fully saturated rings. The Labute approximate surface area is 109 Å². The number of fused-ring (bicyclic) bond motifs is 1. The summed E-state index contributed by atoms with van der Waals surface area (Å²) in [5, 5.41) is 12.1. The molecule has 2 aromatic rings. The summed E-state index contributed by atoms with van der Waals surface area (Å²) in [5.74, 6) is -0.0335. The van der Waals surface area contributed by atoms with E-state index in [-0.39, 0.29) is 5.78 Å². The molecule has 18 heavy (non-hydrogen) atoms. The van der Waals surface area contributed by atoms with Crippen molar-refractivity contribution in [1.29, 1.82) is 0 Å². The standard InChI is InChI=1S/C15H12O2S/c1-9(10-5-3-2-4-6-10)12-13(16)11-7-8-18-15(11)14(12)17/h2-8,13,16H,1H3/b12-9+/t13-/m1/s1. The number of aliphatic hydroxyl groups excluding tert-OH is 1. The first-order chi connectivity index (χ1) is 8.70. The molecular weight excluding hydrogens is 244 g/mol. The van der Waals surface area contributed by atoms with Crippen LogP contribution in [0.2, 0.25) is 0 Å². The Morgan fingerprint density at radius 3 is 2.61 bits per heavy atom. The second-order valence-corrected chi connectivity index (χ2v) is 5.26. The predicted octanol–water partition coefficient (Wildman–Crippen LogP) is 3.45. The third-order valence-corrected chi connectivity index (χ3v) is 4.25. The van der Waals surface area contributed by atoms with E-state index in [0.717, 1.165) is 16.7 Å². The summed E-state index contributed by atoms with van der Waals surface area (Å²) in [6.45, 7) is 1.89. The second-order valence-electron chi connectivity index (χ2n) is 4.34. The van der Waals surface area contributed by atoms with Gasteiger partial charge in [-0.25, -0.2) is 0 Å². The summed E-state index contributed by atoms with van der Waals surface area (Å²) >= 11 is 1.40. The molecule has 0 amide bonds. The SMILES string of the molecule is C/C(=C1\C(=O)c2sccc2[C@H]1O)c1ccccc1. The summed E-state index contributed by atoms with van der Waals surface area (Å²) in [7, 11) is 0. The van der Waals surface area contributed by atoms with Crippen molar-refractivity contribution in [2.45, 2.75) is 13.0 Å². The molecule has 3 heteroatoms. The Hall–Kier alpha value is -1.71. The van der Waals surface area contributed by atoms with Crippen molar-refractivity contribution in [3.63, 3.8) is 0 Å². The van der Waals surface area contributed by atoms with Gasteiger partial charge in [-0.1, -0.05) is 30.3 Å². The molecular formula is C15H12O2S. The number of rotatable bonds is 1. The van der Waals surface area contributed by atoms with Crippen LogP contribution in [0, 0.1) is 0 Å². The normalized spacial score (nSPS) is 21.0. The predicted molar refractivity (Wildman–Crippen MR) is 72.6 cm³/mol. The Kier molecular flexibility index (Phi) is 2.65. The average Bonchev–Trinajstić information content (AvgIpc) is 2.95. The smallest absolute Gasteiger partial charge is 0.202 e. The van der Waals surface area contributed by atoms with Gasteiger partial charge in [0.25, 0.3) is 0 Å². The maximum atomic E-state index is 12.3. The lowest BCUT2D eigenvalue weighted by Gasteiger charge is -2.09. The fraction of sp³-hybridized carbons (Fsp3) is 0.133. The third kappa shape index (κ3) is 1.55. The minimum Gasteiger partial charge on any atom is -0.383 e. The van der Waals surface area contributed by atoms with E-state index in [2.05, 4.69) is 0 Å². The molecule has 0 saturated heterocycles. The van der Waals surface area contributed by atoms with Gasteiger partial charge in [0.2, 0.25) is 5.78 Å². The van der Waals surface area contributed by atoms with Crippen molar-refractivity contribution in [2.24, 2.45) is 0 Å². The molecule has 0 saturated carbocycles.